The fourth-order valence-electron chi connectivity index (χ4n) is 4.16. The first-order valence-electron chi connectivity index (χ1n) is 11.1. The summed E-state index contributed by atoms with van der Waals surface area (Å²) in [6.07, 6.45) is 5.17. The van der Waals surface area contributed by atoms with Gasteiger partial charge in [-0.2, -0.15) is 5.10 Å². The van der Waals surface area contributed by atoms with Gasteiger partial charge in [0.15, 0.2) is 17.3 Å². The zero-order chi connectivity index (χ0) is 24.7. The number of fused-ring (bicyclic) bond motifs is 2. The molecule has 5 aromatic rings. The van der Waals surface area contributed by atoms with E-state index in [0.717, 1.165) is 0 Å². The van der Waals surface area contributed by atoms with E-state index in [4.69, 9.17) is 14.5 Å². The maximum absolute atomic E-state index is 13.4. The molecule has 0 aliphatic carbocycles. The van der Waals surface area contributed by atoms with Crippen LogP contribution in [0, 0.1) is 5.92 Å². The standard InChI is InChI=1S/C24H26N8O3/c1-12(2)19(23-25-7-6-8-26-23)30-21-18(24(33)29-15-11-32(3)31-20(15)21)22-27-13-9-16(34-4)17(35-5)10-14(13)28-22/h6-12,19,30H,1-5H3,(H,27,28)(H,29,33). The van der Waals surface area contributed by atoms with E-state index in [9.17, 15) is 4.79 Å². The summed E-state index contributed by atoms with van der Waals surface area (Å²) >= 11 is 0. The summed E-state index contributed by atoms with van der Waals surface area (Å²) < 4.78 is 12.5. The molecule has 0 radical (unpaired) electrons. The lowest BCUT2D eigenvalue weighted by atomic mass is 10.0. The number of benzene rings is 1. The number of aromatic amines is 2. The van der Waals surface area contributed by atoms with Gasteiger partial charge >= 0.3 is 0 Å². The minimum absolute atomic E-state index is 0.118. The van der Waals surface area contributed by atoms with Crippen LogP contribution in [0.5, 0.6) is 11.5 Å². The van der Waals surface area contributed by atoms with Crippen molar-refractivity contribution in [2.45, 2.75) is 19.9 Å². The SMILES string of the molecule is COc1cc2nc(-c3c(NC(c4ncccn4)C(C)C)c4nn(C)cc4[nH]c3=O)[nH]c2cc1OC. The number of ether oxygens (including phenoxy) is 2. The van der Waals surface area contributed by atoms with Crippen LogP contribution in [-0.4, -0.2) is 48.9 Å². The van der Waals surface area contributed by atoms with Crippen molar-refractivity contribution >= 4 is 27.8 Å². The third-order valence-electron chi connectivity index (χ3n) is 5.85. The summed E-state index contributed by atoms with van der Waals surface area (Å²) in [7, 11) is 4.94. The topological polar surface area (TPSA) is 136 Å². The predicted octanol–water partition coefficient (Wildman–Crippen LogP) is 3.42. The van der Waals surface area contributed by atoms with E-state index in [2.05, 4.69) is 44.2 Å². The number of rotatable bonds is 7. The molecule has 1 unspecified atom stereocenters. The highest BCUT2D eigenvalue weighted by Gasteiger charge is 2.26. The Hall–Kier alpha value is -4.41. The summed E-state index contributed by atoms with van der Waals surface area (Å²) in [4.78, 5) is 33.2. The normalized spacial score (nSPS) is 12.4. The molecule has 180 valence electrons. The van der Waals surface area contributed by atoms with Crippen LogP contribution < -0.4 is 20.3 Å². The monoisotopic (exact) mass is 474 g/mol. The quantitative estimate of drug-likeness (QED) is 0.326. The average molecular weight is 475 g/mol. The summed E-state index contributed by atoms with van der Waals surface area (Å²) in [6, 6.07) is 5.06. The van der Waals surface area contributed by atoms with Gasteiger partial charge in [-0.3, -0.25) is 9.48 Å². The first kappa shape index (κ1) is 22.4. The second kappa shape index (κ2) is 8.75. The lowest BCUT2D eigenvalue weighted by Gasteiger charge is -2.23. The third kappa shape index (κ3) is 3.94. The van der Waals surface area contributed by atoms with Crippen LogP contribution in [-0.2, 0) is 7.05 Å². The van der Waals surface area contributed by atoms with Crippen molar-refractivity contribution in [3.63, 3.8) is 0 Å². The number of hydrogen-bond acceptors (Lipinski definition) is 8. The molecule has 4 aromatic heterocycles. The van der Waals surface area contributed by atoms with Crippen LogP contribution in [0.25, 0.3) is 33.5 Å². The van der Waals surface area contributed by atoms with Crippen LogP contribution >= 0.6 is 0 Å². The fraction of sp³-hybridized carbons (Fsp3) is 0.292. The Kier molecular flexibility index (Phi) is 5.59. The molecule has 0 spiro atoms. The summed E-state index contributed by atoms with van der Waals surface area (Å²) in [6.45, 7) is 4.13. The highest BCUT2D eigenvalue weighted by molar-refractivity contribution is 5.96. The summed E-state index contributed by atoms with van der Waals surface area (Å²) in [5.41, 5.74) is 3.15. The molecule has 1 atom stereocenters. The molecular formula is C24H26N8O3. The molecule has 0 saturated carbocycles. The Morgan fingerprint density at radius 1 is 1.03 bits per heavy atom. The van der Waals surface area contributed by atoms with Gasteiger partial charge in [-0.15, -0.1) is 0 Å². The number of pyridine rings is 1. The van der Waals surface area contributed by atoms with Crippen molar-refractivity contribution in [3.8, 4) is 22.9 Å². The van der Waals surface area contributed by atoms with E-state index in [1.807, 2.05) is 7.05 Å². The number of nitrogens with one attached hydrogen (secondary N) is 3. The first-order chi connectivity index (χ1) is 16.9. The van der Waals surface area contributed by atoms with Gasteiger partial charge in [0, 0.05) is 37.8 Å². The first-order valence-corrected chi connectivity index (χ1v) is 11.1. The number of hydrogen-bond donors (Lipinski definition) is 3. The van der Waals surface area contributed by atoms with Crippen LogP contribution in [0.4, 0.5) is 5.69 Å². The molecule has 3 N–H and O–H groups in total. The van der Waals surface area contributed by atoms with E-state index in [-0.39, 0.29) is 17.5 Å². The lowest BCUT2D eigenvalue weighted by molar-refractivity contribution is 0.356. The van der Waals surface area contributed by atoms with Gasteiger partial charge in [-0.1, -0.05) is 13.8 Å². The van der Waals surface area contributed by atoms with Crippen molar-refractivity contribution in [2.24, 2.45) is 13.0 Å². The second-order valence-corrected chi connectivity index (χ2v) is 8.55. The maximum Gasteiger partial charge on any atom is 0.261 e. The zero-order valence-corrected chi connectivity index (χ0v) is 20.1. The Balaban J connectivity index is 1.74. The van der Waals surface area contributed by atoms with E-state index in [0.29, 0.717) is 56.5 Å². The Bertz CT molecular complexity index is 1530. The highest BCUT2D eigenvalue weighted by atomic mass is 16.5. The van der Waals surface area contributed by atoms with E-state index >= 15 is 0 Å². The summed E-state index contributed by atoms with van der Waals surface area (Å²) in [5, 5.41) is 8.13. The number of anilines is 1. The van der Waals surface area contributed by atoms with Crippen molar-refractivity contribution in [2.75, 3.05) is 19.5 Å². The van der Waals surface area contributed by atoms with Crippen LogP contribution in [0.15, 0.2) is 41.6 Å². The molecule has 4 heterocycles. The minimum atomic E-state index is -0.303. The number of H-pyrrole nitrogens is 2. The number of nitrogens with zero attached hydrogens (tertiary/aromatic N) is 5. The third-order valence-corrected chi connectivity index (χ3v) is 5.85. The second-order valence-electron chi connectivity index (χ2n) is 8.55. The highest BCUT2D eigenvalue weighted by Crippen LogP contribution is 2.36. The molecule has 0 aliphatic rings. The molecule has 0 aliphatic heterocycles. The molecule has 35 heavy (non-hydrogen) atoms. The zero-order valence-electron chi connectivity index (χ0n) is 20.1. The van der Waals surface area contributed by atoms with Gasteiger partial charge in [0.1, 0.15) is 16.9 Å². The molecule has 0 bridgehead atoms. The van der Waals surface area contributed by atoms with Crippen LogP contribution in [0.2, 0.25) is 0 Å². The number of imidazole rings is 1. The fourth-order valence-corrected chi connectivity index (χ4v) is 4.16. The Morgan fingerprint density at radius 3 is 2.43 bits per heavy atom. The van der Waals surface area contributed by atoms with E-state index in [1.54, 1.807) is 55.7 Å². The van der Waals surface area contributed by atoms with Gasteiger partial charge in [-0.25, -0.2) is 15.0 Å². The Labute approximate surface area is 200 Å². The van der Waals surface area contributed by atoms with Crippen LogP contribution in [0.3, 0.4) is 0 Å². The average Bonchev–Trinajstić information content (AvgIpc) is 3.43. The molecule has 0 amide bonds. The van der Waals surface area contributed by atoms with Crippen molar-refractivity contribution in [1.82, 2.24) is 34.7 Å². The molecule has 1 aromatic carbocycles. The number of methoxy groups -OCH3 is 2. The van der Waals surface area contributed by atoms with E-state index in [1.165, 1.54) is 0 Å². The number of aromatic nitrogens is 7. The van der Waals surface area contributed by atoms with Crippen molar-refractivity contribution in [3.05, 3.63) is 53.0 Å². The predicted molar refractivity (Wildman–Crippen MR) is 133 cm³/mol. The molecule has 11 nitrogen and oxygen atoms in total. The van der Waals surface area contributed by atoms with Crippen LogP contribution in [0.1, 0.15) is 25.7 Å². The van der Waals surface area contributed by atoms with Gasteiger partial charge in [0.05, 0.1) is 42.5 Å². The Morgan fingerprint density at radius 2 is 1.74 bits per heavy atom. The number of aryl methyl sites for hydroxylation is 1. The van der Waals surface area contributed by atoms with Gasteiger partial charge in [0.2, 0.25) is 0 Å². The molecule has 0 fully saturated rings. The maximum atomic E-state index is 13.4. The van der Waals surface area contributed by atoms with Gasteiger partial charge in [0.25, 0.3) is 5.56 Å². The van der Waals surface area contributed by atoms with Crippen molar-refractivity contribution in [1.29, 1.82) is 0 Å². The lowest BCUT2D eigenvalue weighted by Crippen LogP contribution is -2.22. The van der Waals surface area contributed by atoms with Gasteiger partial charge < -0.3 is 24.8 Å². The smallest absolute Gasteiger partial charge is 0.261 e. The van der Waals surface area contributed by atoms with E-state index < -0.39 is 0 Å². The molecule has 0 saturated heterocycles. The molecular weight excluding hydrogens is 448 g/mol. The summed E-state index contributed by atoms with van der Waals surface area (Å²) in [5.74, 6) is 2.24. The molecule has 11 heteroatoms. The minimum Gasteiger partial charge on any atom is -0.493 e. The van der Waals surface area contributed by atoms with Gasteiger partial charge in [-0.05, 0) is 12.0 Å². The molecule has 5 rings (SSSR count). The largest absolute Gasteiger partial charge is 0.493 e. The van der Waals surface area contributed by atoms with Crippen molar-refractivity contribution < 1.29 is 9.47 Å².